The van der Waals surface area contributed by atoms with Crippen LogP contribution in [0.15, 0.2) is 30.6 Å². The number of fused-ring (bicyclic) bond motifs is 1. The third-order valence-corrected chi connectivity index (χ3v) is 3.57. The van der Waals surface area contributed by atoms with E-state index in [2.05, 4.69) is 39.7 Å². The Bertz CT molecular complexity index is 721. The lowest BCUT2D eigenvalue weighted by molar-refractivity contribution is 0.805. The number of rotatable bonds is 3. The third kappa shape index (κ3) is 1.85. The molecule has 0 bridgehead atoms. The highest BCUT2D eigenvalue weighted by Gasteiger charge is 2.17. The second kappa shape index (κ2) is 4.55. The molecular formula is C15H18N4. The largest absolute Gasteiger partial charge is 0.358 e. The van der Waals surface area contributed by atoms with Crippen LogP contribution >= 0.6 is 0 Å². The van der Waals surface area contributed by atoms with Crippen molar-refractivity contribution in [1.82, 2.24) is 14.5 Å². The first-order valence-electron chi connectivity index (χ1n) is 6.50. The van der Waals surface area contributed by atoms with Gasteiger partial charge in [-0.1, -0.05) is 18.2 Å². The highest BCUT2D eigenvalue weighted by Crippen LogP contribution is 2.33. The molecule has 0 aliphatic heterocycles. The number of benzene rings is 1. The van der Waals surface area contributed by atoms with E-state index >= 15 is 0 Å². The van der Waals surface area contributed by atoms with Crippen LogP contribution in [0.1, 0.15) is 11.4 Å². The number of nitrogens with two attached hydrogens (primary N) is 1. The maximum Gasteiger partial charge on any atom is 0.0953 e. The van der Waals surface area contributed by atoms with Crippen molar-refractivity contribution in [3.8, 4) is 11.3 Å². The zero-order valence-corrected chi connectivity index (χ0v) is 11.3. The van der Waals surface area contributed by atoms with Gasteiger partial charge in [0, 0.05) is 41.3 Å². The summed E-state index contributed by atoms with van der Waals surface area (Å²) >= 11 is 0. The van der Waals surface area contributed by atoms with Gasteiger partial charge in [-0.15, -0.1) is 0 Å². The molecule has 0 radical (unpaired) electrons. The summed E-state index contributed by atoms with van der Waals surface area (Å²) in [6.45, 7) is 2.73. The molecule has 4 nitrogen and oxygen atoms in total. The standard InChI is InChI=1S/C15H18N4/c1-10-14(11-5-3-4-6-12(11)18-10)15-13(7-8-16)19(2)9-17-15/h3-6,9,18H,7-8,16H2,1-2H3. The molecule has 1 aromatic carbocycles. The van der Waals surface area contributed by atoms with Crippen LogP contribution < -0.4 is 5.73 Å². The fraction of sp³-hybridized carbons (Fsp3) is 0.267. The number of aryl methyl sites for hydroxylation is 2. The fourth-order valence-electron chi connectivity index (χ4n) is 2.68. The summed E-state index contributed by atoms with van der Waals surface area (Å²) in [5.41, 5.74) is 11.4. The average molecular weight is 254 g/mol. The highest BCUT2D eigenvalue weighted by atomic mass is 15.0. The van der Waals surface area contributed by atoms with Crippen molar-refractivity contribution in [2.75, 3.05) is 6.54 Å². The molecule has 0 amide bonds. The number of para-hydroxylation sites is 1. The van der Waals surface area contributed by atoms with Crippen molar-refractivity contribution in [2.45, 2.75) is 13.3 Å². The number of H-pyrrole nitrogens is 1. The Kier molecular flexibility index (Phi) is 2.87. The summed E-state index contributed by atoms with van der Waals surface area (Å²) < 4.78 is 2.06. The summed E-state index contributed by atoms with van der Waals surface area (Å²) in [5.74, 6) is 0. The molecule has 4 heteroatoms. The van der Waals surface area contributed by atoms with Gasteiger partial charge in [0.15, 0.2) is 0 Å². The van der Waals surface area contributed by atoms with E-state index in [1.165, 1.54) is 16.6 Å². The lowest BCUT2D eigenvalue weighted by Crippen LogP contribution is -2.07. The molecule has 0 unspecified atom stereocenters. The Hall–Kier alpha value is -2.07. The fourth-order valence-corrected chi connectivity index (χ4v) is 2.68. The molecule has 0 saturated carbocycles. The van der Waals surface area contributed by atoms with Gasteiger partial charge in [0.1, 0.15) is 0 Å². The molecule has 0 spiro atoms. The predicted octanol–water partition coefficient (Wildman–Crippen LogP) is 2.38. The van der Waals surface area contributed by atoms with Crippen molar-refractivity contribution in [1.29, 1.82) is 0 Å². The second-order valence-corrected chi connectivity index (χ2v) is 4.86. The summed E-state index contributed by atoms with van der Waals surface area (Å²) in [7, 11) is 2.02. The molecule has 0 fully saturated rings. The normalized spacial score (nSPS) is 11.3. The smallest absolute Gasteiger partial charge is 0.0953 e. The topological polar surface area (TPSA) is 59.6 Å². The molecule has 3 rings (SSSR count). The number of aromatic nitrogens is 3. The van der Waals surface area contributed by atoms with Gasteiger partial charge in [-0.3, -0.25) is 0 Å². The predicted molar refractivity (Wildman–Crippen MR) is 78.0 cm³/mol. The maximum atomic E-state index is 5.71. The van der Waals surface area contributed by atoms with Crippen LogP contribution in [0, 0.1) is 6.92 Å². The Labute approximate surface area is 112 Å². The van der Waals surface area contributed by atoms with Gasteiger partial charge in [0.25, 0.3) is 0 Å². The number of nitrogens with zero attached hydrogens (tertiary/aromatic N) is 2. The summed E-state index contributed by atoms with van der Waals surface area (Å²) in [6, 6.07) is 8.33. The molecule has 0 saturated heterocycles. The lowest BCUT2D eigenvalue weighted by atomic mass is 10.0. The number of imidazole rings is 1. The Morgan fingerprint density at radius 1 is 1.32 bits per heavy atom. The van der Waals surface area contributed by atoms with E-state index in [1.807, 2.05) is 19.4 Å². The van der Waals surface area contributed by atoms with E-state index in [9.17, 15) is 0 Å². The quantitative estimate of drug-likeness (QED) is 0.754. The van der Waals surface area contributed by atoms with Crippen LogP contribution in [0.4, 0.5) is 0 Å². The molecule has 3 N–H and O–H groups in total. The van der Waals surface area contributed by atoms with Crippen LogP contribution in [-0.4, -0.2) is 21.1 Å². The first-order valence-corrected chi connectivity index (χ1v) is 6.50. The van der Waals surface area contributed by atoms with Gasteiger partial charge in [0.05, 0.1) is 12.0 Å². The van der Waals surface area contributed by atoms with Crippen molar-refractivity contribution < 1.29 is 0 Å². The van der Waals surface area contributed by atoms with Crippen molar-refractivity contribution in [3.05, 3.63) is 42.0 Å². The molecule has 2 heterocycles. The number of hydrogen-bond acceptors (Lipinski definition) is 2. The first kappa shape index (κ1) is 12.0. The molecule has 98 valence electrons. The minimum Gasteiger partial charge on any atom is -0.358 e. The first-order chi connectivity index (χ1) is 9.22. The van der Waals surface area contributed by atoms with Crippen LogP contribution in [-0.2, 0) is 13.5 Å². The van der Waals surface area contributed by atoms with E-state index in [-0.39, 0.29) is 0 Å². The Balaban J connectivity index is 2.27. The zero-order valence-electron chi connectivity index (χ0n) is 11.3. The minimum atomic E-state index is 0.633. The maximum absolute atomic E-state index is 5.71. The van der Waals surface area contributed by atoms with Gasteiger partial charge in [-0.2, -0.15) is 0 Å². The van der Waals surface area contributed by atoms with Crippen molar-refractivity contribution in [3.63, 3.8) is 0 Å². The van der Waals surface area contributed by atoms with Crippen LogP contribution in [0.5, 0.6) is 0 Å². The van der Waals surface area contributed by atoms with E-state index in [4.69, 9.17) is 5.73 Å². The van der Waals surface area contributed by atoms with Gasteiger partial charge in [-0.05, 0) is 19.5 Å². The van der Waals surface area contributed by atoms with E-state index < -0.39 is 0 Å². The Morgan fingerprint density at radius 3 is 2.89 bits per heavy atom. The average Bonchev–Trinajstić information content (AvgIpc) is 2.91. The van der Waals surface area contributed by atoms with Gasteiger partial charge in [-0.25, -0.2) is 4.98 Å². The van der Waals surface area contributed by atoms with E-state index in [0.717, 1.165) is 23.3 Å². The Morgan fingerprint density at radius 2 is 2.11 bits per heavy atom. The van der Waals surface area contributed by atoms with Gasteiger partial charge >= 0.3 is 0 Å². The molecule has 2 aromatic heterocycles. The summed E-state index contributed by atoms with van der Waals surface area (Å²) in [4.78, 5) is 8.00. The molecule has 19 heavy (non-hydrogen) atoms. The summed E-state index contributed by atoms with van der Waals surface area (Å²) in [5, 5.41) is 1.22. The number of hydrogen-bond donors (Lipinski definition) is 2. The van der Waals surface area contributed by atoms with Crippen molar-refractivity contribution in [2.24, 2.45) is 12.8 Å². The van der Waals surface area contributed by atoms with E-state index in [0.29, 0.717) is 6.54 Å². The van der Waals surface area contributed by atoms with Gasteiger partial charge in [0.2, 0.25) is 0 Å². The molecule has 3 aromatic rings. The second-order valence-electron chi connectivity index (χ2n) is 4.86. The third-order valence-electron chi connectivity index (χ3n) is 3.57. The van der Waals surface area contributed by atoms with Crippen molar-refractivity contribution >= 4 is 10.9 Å². The van der Waals surface area contributed by atoms with Crippen LogP contribution in [0.2, 0.25) is 0 Å². The zero-order chi connectivity index (χ0) is 13.4. The van der Waals surface area contributed by atoms with Crippen LogP contribution in [0.3, 0.4) is 0 Å². The molecule has 0 atom stereocenters. The lowest BCUT2D eigenvalue weighted by Gasteiger charge is -2.05. The highest BCUT2D eigenvalue weighted by molar-refractivity contribution is 5.97. The summed E-state index contributed by atoms with van der Waals surface area (Å²) in [6.07, 6.45) is 2.70. The minimum absolute atomic E-state index is 0.633. The molecular weight excluding hydrogens is 236 g/mol. The SMILES string of the molecule is Cc1[nH]c2ccccc2c1-c1ncn(C)c1CCN. The monoisotopic (exact) mass is 254 g/mol. The van der Waals surface area contributed by atoms with Crippen LogP contribution in [0.25, 0.3) is 22.2 Å². The number of nitrogens with one attached hydrogen (secondary N) is 1. The number of aromatic amines is 1. The molecule has 0 aliphatic rings. The van der Waals surface area contributed by atoms with Gasteiger partial charge < -0.3 is 15.3 Å². The molecule has 0 aliphatic carbocycles. The van der Waals surface area contributed by atoms with E-state index in [1.54, 1.807) is 0 Å².